The molecular weight excluding hydrogens is 800 g/mol. The average molecular weight is 861 g/mol. The van der Waals surface area contributed by atoms with Gasteiger partial charge in [0.2, 0.25) is 0 Å². The third-order valence-corrected chi connectivity index (χ3v) is 17.0. The fourth-order valence-corrected chi connectivity index (χ4v) is 13.5. The average Bonchev–Trinajstić information content (AvgIpc) is 3.93. The van der Waals surface area contributed by atoms with Crippen LogP contribution in [0.1, 0.15) is 133 Å². The summed E-state index contributed by atoms with van der Waals surface area (Å²) < 4.78 is 9.99. The van der Waals surface area contributed by atoms with Gasteiger partial charge >= 0.3 is 6.85 Å². The van der Waals surface area contributed by atoms with Crippen LogP contribution in [-0.2, 0) is 29.1 Å². The van der Waals surface area contributed by atoms with E-state index in [1.807, 2.05) is 0 Å². The SMILES string of the molecule is CCCCc1ccc2c(c1)c1cc(CCCC)cc3c1n2-c1cc2c(oc4ccccc42)c2c1B3N(c1cc3c(cc1C)C(C)(C)CCC3(C)C)c1ccc3c(c1-2)C(C)(C)c1ccccc1-3. The smallest absolute Gasteiger partial charge is 0.333 e. The maximum atomic E-state index is 7.31. The van der Waals surface area contributed by atoms with Crippen molar-refractivity contribution in [3.8, 4) is 27.9 Å². The van der Waals surface area contributed by atoms with E-state index in [4.69, 9.17) is 4.42 Å². The van der Waals surface area contributed by atoms with E-state index in [0.29, 0.717) is 0 Å². The van der Waals surface area contributed by atoms with Crippen molar-refractivity contribution in [3.63, 3.8) is 0 Å². The van der Waals surface area contributed by atoms with E-state index >= 15 is 0 Å². The van der Waals surface area contributed by atoms with Gasteiger partial charge in [0, 0.05) is 55.1 Å². The predicted molar refractivity (Wildman–Crippen MR) is 282 cm³/mol. The second-order valence-electron chi connectivity index (χ2n) is 22.4. The molecule has 0 unspecified atom stereocenters. The number of hydrogen-bond acceptors (Lipinski definition) is 2. The van der Waals surface area contributed by atoms with Crippen molar-refractivity contribution in [2.75, 3.05) is 4.81 Å². The van der Waals surface area contributed by atoms with Gasteiger partial charge < -0.3 is 13.8 Å². The van der Waals surface area contributed by atoms with E-state index in [1.165, 1.54) is 160 Å². The lowest BCUT2D eigenvalue weighted by molar-refractivity contribution is 0.332. The molecule has 0 N–H and O–H groups in total. The number of rotatable bonds is 7. The molecule has 0 radical (unpaired) electrons. The third kappa shape index (κ3) is 5.28. The van der Waals surface area contributed by atoms with Crippen LogP contribution in [0, 0.1) is 6.92 Å². The minimum Gasteiger partial charge on any atom is -0.455 e. The van der Waals surface area contributed by atoms with Crippen LogP contribution in [0.15, 0.2) is 114 Å². The largest absolute Gasteiger partial charge is 0.455 e. The second kappa shape index (κ2) is 13.8. The molecular formula is C62H61BN2O. The summed E-state index contributed by atoms with van der Waals surface area (Å²) in [5.74, 6) is 0. The van der Waals surface area contributed by atoms with Crippen molar-refractivity contribution < 1.29 is 4.42 Å². The molecule has 0 fully saturated rings. The summed E-state index contributed by atoms with van der Waals surface area (Å²) in [5.41, 5.74) is 26.4. The summed E-state index contributed by atoms with van der Waals surface area (Å²) in [5, 5.41) is 5.12. The molecule has 0 saturated heterocycles. The van der Waals surface area contributed by atoms with Gasteiger partial charge in [-0.3, -0.25) is 0 Å². The molecule has 0 amide bonds. The van der Waals surface area contributed by atoms with Crippen LogP contribution >= 0.6 is 0 Å². The van der Waals surface area contributed by atoms with Crippen LogP contribution in [0.2, 0.25) is 0 Å². The summed E-state index contributed by atoms with van der Waals surface area (Å²) in [6.07, 6.45) is 9.25. The Hall–Kier alpha value is -6.00. The lowest BCUT2D eigenvalue weighted by atomic mass is 9.43. The number of furan rings is 1. The molecule has 4 heteroatoms. The topological polar surface area (TPSA) is 21.3 Å². The van der Waals surface area contributed by atoms with Crippen molar-refractivity contribution >= 4 is 72.9 Å². The highest BCUT2D eigenvalue weighted by Crippen LogP contribution is 2.59. The van der Waals surface area contributed by atoms with Gasteiger partial charge in [0.05, 0.1) is 11.0 Å². The van der Waals surface area contributed by atoms with Crippen LogP contribution < -0.4 is 15.7 Å². The first-order valence-electron chi connectivity index (χ1n) is 25.1. The summed E-state index contributed by atoms with van der Waals surface area (Å²) in [4.78, 5) is 2.83. The third-order valence-electron chi connectivity index (χ3n) is 17.0. The van der Waals surface area contributed by atoms with Gasteiger partial charge in [-0.2, -0.15) is 0 Å². The summed E-state index contributed by atoms with van der Waals surface area (Å²) >= 11 is 0. The Balaban J connectivity index is 1.24. The minimum absolute atomic E-state index is 0.0544. The Morgan fingerprint density at radius 1 is 0.591 bits per heavy atom. The van der Waals surface area contributed by atoms with Gasteiger partial charge in [-0.25, -0.2) is 0 Å². The van der Waals surface area contributed by atoms with E-state index in [1.54, 1.807) is 0 Å². The van der Waals surface area contributed by atoms with Gasteiger partial charge in [0.1, 0.15) is 11.2 Å². The second-order valence-corrected chi connectivity index (χ2v) is 22.4. The van der Waals surface area contributed by atoms with Gasteiger partial charge in [0.25, 0.3) is 0 Å². The van der Waals surface area contributed by atoms with Gasteiger partial charge in [-0.05, 0) is 160 Å². The normalized spacial score (nSPS) is 16.8. The Kier molecular flexibility index (Phi) is 8.42. The minimum atomic E-state index is -0.254. The van der Waals surface area contributed by atoms with Crippen molar-refractivity contribution in [3.05, 3.63) is 148 Å². The zero-order chi connectivity index (χ0) is 45.2. The molecule has 7 aromatic carbocycles. The Bertz CT molecular complexity index is 3570. The highest BCUT2D eigenvalue weighted by molar-refractivity contribution is 6.94. The quantitative estimate of drug-likeness (QED) is 0.149. The first-order valence-corrected chi connectivity index (χ1v) is 25.1. The number of fused-ring (bicyclic) bond motifs is 16. The predicted octanol–water partition coefficient (Wildman–Crippen LogP) is 15.6. The lowest BCUT2D eigenvalue weighted by Crippen LogP contribution is -2.61. The molecule has 0 bridgehead atoms. The number of unbranched alkanes of at least 4 members (excludes halogenated alkanes) is 2. The van der Waals surface area contributed by atoms with Crippen LogP contribution in [0.25, 0.3) is 71.7 Å². The molecule has 4 aliphatic rings. The number of aryl methyl sites for hydroxylation is 3. The molecule has 2 aromatic heterocycles. The fourth-order valence-electron chi connectivity index (χ4n) is 13.5. The molecule has 0 spiro atoms. The van der Waals surface area contributed by atoms with E-state index in [-0.39, 0.29) is 23.1 Å². The molecule has 328 valence electrons. The number of aromatic nitrogens is 1. The number of nitrogens with zero attached hydrogens (tertiary/aromatic N) is 2. The number of hydrogen-bond donors (Lipinski definition) is 0. The molecule has 13 rings (SSSR count). The molecule has 66 heavy (non-hydrogen) atoms. The van der Waals surface area contributed by atoms with Crippen molar-refractivity contribution in [2.45, 2.75) is 130 Å². The summed E-state index contributed by atoms with van der Waals surface area (Å²) in [6, 6.07) is 43.2. The molecule has 4 heterocycles. The van der Waals surface area contributed by atoms with Crippen LogP contribution in [-0.4, -0.2) is 11.4 Å². The highest BCUT2D eigenvalue weighted by atomic mass is 16.3. The van der Waals surface area contributed by atoms with Gasteiger partial charge in [-0.1, -0.05) is 135 Å². The number of para-hydroxylation sites is 1. The van der Waals surface area contributed by atoms with E-state index in [2.05, 4.69) is 181 Å². The zero-order valence-corrected chi connectivity index (χ0v) is 40.4. The molecule has 2 aliphatic carbocycles. The van der Waals surface area contributed by atoms with Crippen LogP contribution in [0.5, 0.6) is 0 Å². The lowest BCUT2D eigenvalue weighted by Gasteiger charge is -2.46. The van der Waals surface area contributed by atoms with E-state index in [9.17, 15) is 0 Å². The summed E-state index contributed by atoms with van der Waals surface area (Å²) in [7, 11) is 0. The summed E-state index contributed by atoms with van der Waals surface area (Å²) in [6.45, 7) is 21.8. The molecule has 0 saturated carbocycles. The maximum absolute atomic E-state index is 7.31. The highest BCUT2D eigenvalue weighted by Gasteiger charge is 2.50. The first-order chi connectivity index (χ1) is 31.8. The Morgan fingerprint density at radius 3 is 2.09 bits per heavy atom. The first kappa shape index (κ1) is 40.3. The zero-order valence-electron chi connectivity index (χ0n) is 40.4. The maximum Gasteiger partial charge on any atom is 0.333 e. The van der Waals surface area contributed by atoms with Crippen LogP contribution in [0.4, 0.5) is 11.4 Å². The van der Waals surface area contributed by atoms with Crippen molar-refractivity contribution in [2.24, 2.45) is 0 Å². The van der Waals surface area contributed by atoms with E-state index < -0.39 is 0 Å². The van der Waals surface area contributed by atoms with Crippen molar-refractivity contribution in [1.82, 2.24) is 4.57 Å². The number of benzene rings is 7. The molecule has 9 aromatic rings. The Labute approximate surface area is 390 Å². The van der Waals surface area contributed by atoms with Gasteiger partial charge in [-0.15, -0.1) is 0 Å². The monoisotopic (exact) mass is 860 g/mol. The molecule has 3 nitrogen and oxygen atoms in total. The molecule has 2 aliphatic heterocycles. The van der Waals surface area contributed by atoms with Gasteiger partial charge in [0.15, 0.2) is 0 Å². The fraction of sp³-hybridized carbons (Fsp3) is 0.323. The van der Waals surface area contributed by atoms with E-state index in [0.717, 1.165) is 24.0 Å². The van der Waals surface area contributed by atoms with Crippen LogP contribution in [0.3, 0.4) is 0 Å². The van der Waals surface area contributed by atoms with Crippen molar-refractivity contribution in [1.29, 1.82) is 0 Å². The Morgan fingerprint density at radius 2 is 1.30 bits per heavy atom. The number of anilines is 2. The molecule has 0 atom stereocenters. The standard InChI is InChI=1S/C62H61BN2O/c1-10-12-18-37-24-26-49-42(31-37)43-32-38(19-13-11-2)33-48-58(43)64(49)52-34-44-40-21-15-17-23-53(40)66-59(44)55-54-50(27-25-41-39-20-14-16-22-45(39)62(8,9)56(41)54)65(63(48)57(52)55)51-35-47-46(30-36(51)3)60(4,5)28-29-61(47,6)7/h14-17,20-27,30-35H,10-13,18-19,28-29H2,1-9H3.